The molecule has 0 aliphatic heterocycles. The first-order chi connectivity index (χ1) is 14.4. The first-order valence-electron chi connectivity index (χ1n) is 10.9. The number of pyridine rings is 1. The Labute approximate surface area is 181 Å². The minimum absolute atomic E-state index is 0.413. The van der Waals surface area contributed by atoms with Crippen LogP contribution in [0.1, 0.15) is 75.3 Å². The highest BCUT2D eigenvalue weighted by Gasteiger charge is 2.13. The molecule has 3 nitrogen and oxygen atoms in total. The monoisotopic (exact) mass is 399 g/mol. The minimum Gasteiger partial charge on any atom is -0.398 e. The van der Waals surface area contributed by atoms with Crippen molar-refractivity contribution in [2.45, 2.75) is 59.3 Å². The van der Waals surface area contributed by atoms with Crippen molar-refractivity contribution in [2.75, 3.05) is 5.73 Å². The fourth-order valence-corrected chi connectivity index (χ4v) is 3.79. The number of aryl methyl sites for hydroxylation is 1. The van der Waals surface area contributed by atoms with Crippen molar-refractivity contribution in [3.8, 4) is 11.3 Å². The van der Waals surface area contributed by atoms with Crippen molar-refractivity contribution >= 4 is 17.6 Å². The summed E-state index contributed by atoms with van der Waals surface area (Å²) in [5.74, 6) is 0.826. The molecule has 3 rings (SSSR count). The second-order valence-electron chi connectivity index (χ2n) is 8.43. The van der Waals surface area contributed by atoms with Gasteiger partial charge in [0.25, 0.3) is 0 Å². The van der Waals surface area contributed by atoms with Crippen LogP contribution in [0.3, 0.4) is 0 Å². The standard InChI is InChI=1S/C27H33N3/c1-6-10-20-11-7-15-24(26(20)28)25-16-8-12-21(30-25)17-29-27-22(18(2)3)13-9-14-23(27)19(4)5/h7-9,11-19H,6,10,28H2,1-5H3/b29-17+. The van der Waals surface area contributed by atoms with Gasteiger partial charge in [-0.25, -0.2) is 4.98 Å². The molecule has 0 saturated carbocycles. The Morgan fingerprint density at radius 1 is 0.900 bits per heavy atom. The van der Waals surface area contributed by atoms with E-state index >= 15 is 0 Å². The number of aliphatic imine (C=N–C) groups is 1. The predicted molar refractivity (Wildman–Crippen MR) is 130 cm³/mol. The highest BCUT2D eigenvalue weighted by Crippen LogP contribution is 2.34. The Hall–Kier alpha value is -2.94. The molecule has 0 amide bonds. The Balaban J connectivity index is 2.00. The van der Waals surface area contributed by atoms with E-state index in [1.54, 1.807) is 0 Å². The number of hydrogen-bond donors (Lipinski definition) is 1. The smallest absolute Gasteiger partial charge is 0.0820 e. The zero-order chi connectivity index (χ0) is 21.7. The summed E-state index contributed by atoms with van der Waals surface area (Å²) in [7, 11) is 0. The van der Waals surface area contributed by atoms with Crippen molar-refractivity contribution < 1.29 is 0 Å². The molecule has 156 valence electrons. The van der Waals surface area contributed by atoms with E-state index in [-0.39, 0.29) is 0 Å². The van der Waals surface area contributed by atoms with Crippen LogP contribution in [0.4, 0.5) is 11.4 Å². The number of aromatic nitrogens is 1. The minimum atomic E-state index is 0.413. The quantitative estimate of drug-likeness (QED) is 0.335. The van der Waals surface area contributed by atoms with Gasteiger partial charge in [-0.15, -0.1) is 0 Å². The van der Waals surface area contributed by atoms with Crippen molar-refractivity contribution in [1.82, 2.24) is 4.98 Å². The van der Waals surface area contributed by atoms with Crippen LogP contribution in [-0.4, -0.2) is 11.2 Å². The summed E-state index contributed by atoms with van der Waals surface area (Å²) in [5.41, 5.74) is 14.8. The van der Waals surface area contributed by atoms with E-state index in [1.165, 1.54) is 16.7 Å². The zero-order valence-corrected chi connectivity index (χ0v) is 18.8. The summed E-state index contributed by atoms with van der Waals surface area (Å²) in [4.78, 5) is 9.74. The summed E-state index contributed by atoms with van der Waals surface area (Å²) in [6, 6.07) is 18.7. The molecule has 0 aliphatic carbocycles. The topological polar surface area (TPSA) is 51.3 Å². The van der Waals surface area contributed by atoms with E-state index in [1.807, 2.05) is 30.5 Å². The van der Waals surface area contributed by atoms with Gasteiger partial charge in [-0.05, 0) is 47.1 Å². The molecular formula is C27H33N3. The van der Waals surface area contributed by atoms with Crippen LogP contribution in [0.15, 0.2) is 59.6 Å². The molecule has 0 aliphatic rings. The average Bonchev–Trinajstić information content (AvgIpc) is 2.73. The molecule has 3 aromatic rings. The number of para-hydroxylation sites is 2. The van der Waals surface area contributed by atoms with E-state index in [0.29, 0.717) is 11.8 Å². The maximum Gasteiger partial charge on any atom is 0.0820 e. The third kappa shape index (κ3) is 4.79. The van der Waals surface area contributed by atoms with E-state index < -0.39 is 0 Å². The van der Waals surface area contributed by atoms with Crippen LogP contribution in [-0.2, 0) is 6.42 Å². The normalized spacial score (nSPS) is 11.7. The van der Waals surface area contributed by atoms with Gasteiger partial charge in [0.1, 0.15) is 0 Å². The molecule has 0 radical (unpaired) electrons. The fourth-order valence-electron chi connectivity index (χ4n) is 3.79. The number of nitrogens with zero attached hydrogens (tertiary/aromatic N) is 2. The van der Waals surface area contributed by atoms with Crippen molar-refractivity contribution in [3.63, 3.8) is 0 Å². The molecule has 0 atom stereocenters. The number of rotatable bonds is 7. The van der Waals surface area contributed by atoms with Crippen LogP contribution in [0.25, 0.3) is 11.3 Å². The first kappa shape index (κ1) is 21.8. The summed E-state index contributed by atoms with van der Waals surface area (Å²) < 4.78 is 0. The van der Waals surface area contributed by atoms with Crippen LogP contribution in [0.5, 0.6) is 0 Å². The van der Waals surface area contributed by atoms with Crippen LogP contribution < -0.4 is 5.73 Å². The lowest BCUT2D eigenvalue weighted by Gasteiger charge is -2.16. The number of benzene rings is 2. The lowest BCUT2D eigenvalue weighted by Crippen LogP contribution is -1.99. The summed E-state index contributed by atoms with van der Waals surface area (Å²) in [6.45, 7) is 11.0. The van der Waals surface area contributed by atoms with Crippen molar-refractivity contribution in [2.24, 2.45) is 4.99 Å². The van der Waals surface area contributed by atoms with Gasteiger partial charge < -0.3 is 5.73 Å². The predicted octanol–water partition coefficient (Wildman–Crippen LogP) is 7.28. The first-order valence-corrected chi connectivity index (χ1v) is 10.9. The second-order valence-corrected chi connectivity index (χ2v) is 8.43. The van der Waals surface area contributed by atoms with E-state index in [4.69, 9.17) is 15.7 Å². The summed E-state index contributed by atoms with van der Waals surface area (Å²) >= 11 is 0. The molecule has 1 aromatic heterocycles. The highest BCUT2D eigenvalue weighted by atomic mass is 14.8. The number of nitrogens with two attached hydrogens (primary N) is 1. The SMILES string of the molecule is CCCc1cccc(-c2cccc(/C=N/c3c(C(C)C)cccc3C(C)C)n2)c1N. The summed E-state index contributed by atoms with van der Waals surface area (Å²) in [6.07, 6.45) is 3.93. The average molecular weight is 400 g/mol. The number of anilines is 1. The molecule has 3 heteroatoms. The molecule has 0 unspecified atom stereocenters. The van der Waals surface area contributed by atoms with E-state index in [0.717, 1.165) is 41.2 Å². The van der Waals surface area contributed by atoms with Crippen LogP contribution in [0.2, 0.25) is 0 Å². The maximum absolute atomic E-state index is 6.45. The van der Waals surface area contributed by atoms with Gasteiger partial charge in [0.15, 0.2) is 0 Å². The van der Waals surface area contributed by atoms with Crippen LogP contribution in [0, 0.1) is 0 Å². The Morgan fingerprint density at radius 3 is 2.17 bits per heavy atom. The lowest BCUT2D eigenvalue weighted by molar-refractivity contribution is 0.835. The van der Waals surface area contributed by atoms with Gasteiger partial charge in [-0.1, -0.05) is 83.5 Å². The van der Waals surface area contributed by atoms with Crippen LogP contribution >= 0.6 is 0 Å². The molecule has 0 fully saturated rings. The highest BCUT2D eigenvalue weighted by molar-refractivity contribution is 5.83. The molecule has 2 aromatic carbocycles. The zero-order valence-electron chi connectivity index (χ0n) is 18.8. The van der Waals surface area contributed by atoms with Gasteiger partial charge in [-0.2, -0.15) is 0 Å². The van der Waals surface area contributed by atoms with E-state index in [2.05, 4.69) is 65.0 Å². The van der Waals surface area contributed by atoms with Gasteiger partial charge in [0.2, 0.25) is 0 Å². The Kier molecular flexibility index (Phi) is 7.04. The molecule has 30 heavy (non-hydrogen) atoms. The largest absolute Gasteiger partial charge is 0.398 e. The maximum atomic E-state index is 6.45. The molecule has 0 spiro atoms. The van der Waals surface area contributed by atoms with Gasteiger partial charge in [0.05, 0.1) is 23.3 Å². The molecule has 1 heterocycles. The molecule has 0 bridgehead atoms. The lowest BCUT2D eigenvalue weighted by atomic mass is 9.93. The number of nitrogen functional groups attached to an aromatic ring is 1. The molecular weight excluding hydrogens is 366 g/mol. The second kappa shape index (κ2) is 9.71. The Morgan fingerprint density at radius 2 is 1.53 bits per heavy atom. The third-order valence-electron chi connectivity index (χ3n) is 5.43. The van der Waals surface area contributed by atoms with Gasteiger partial charge in [-0.3, -0.25) is 4.99 Å². The fraction of sp³-hybridized carbons (Fsp3) is 0.333. The number of hydrogen-bond acceptors (Lipinski definition) is 3. The van der Waals surface area contributed by atoms with Gasteiger partial charge >= 0.3 is 0 Å². The summed E-state index contributed by atoms with van der Waals surface area (Å²) in [5, 5.41) is 0. The molecule has 0 saturated heterocycles. The van der Waals surface area contributed by atoms with E-state index in [9.17, 15) is 0 Å². The van der Waals surface area contributed by atoms with Crippen molar-refractivity contribution in [3.05, 3.63) is 77.0 Å². The Bertz CT molecular complexity index is 1010. The van der Waals surface area contributed by atoms with Gasteiger partial charge in [0, 0.05) is 11.3 Å². The van der Waals surface area contributed by atoms with Crippen molar-refractivity contribution in [1.29, 1.82) is 0 Å². The molecule has 2 N–H and O–H groups in total. The third-order valence-corrected chi connectivity index (χ3v) is 5.43.